The normalized spacial score (nSPS) is 11.3. The van der Waals surface area contributed by atoms with Crippen LogP contribution in [0.5, 0.6) is 11.5 Å². The van der Waals surface area contributed by atoms with Crippen molar-refractivity contribution in [2.24, 2.45) is 5.92 Å². The molecular weight excluding hydrogens is 322 g/mol. The molecule has 0 aliphatic heterocycles. The zero-order valence-electron chi connectivity index (χ0n) is 14.0. The lowest BCUT2D eigenvalue weighted by Crippen LogP contribution is -2.38. The number of hydrogen-bond donors (Lipinski definition) is 1. The maximum atomic E-state index is 12.2. The number of esters is 1. The molecular formula is C19H19NO5. The molecule has 1 N–H and O–H groups in total. The second-order valence-electron chi connectivity index (χ2n) is 5.34. The van der Waals surface area contributed by atoms with Gasteiger partial charge in [0.1, 0.15) is 23.2 Å². The Kier molecular flexibility index (Phi) is 6.28. The fraction of sp³-hybridized carbons (Fsp3) is 0.211. The highest BCUT2D eigenvalue weighted by molar-refractivity contribution is 6.00. The monoisotopic (exact) mass is 341 g/mol. The van der Waals surface area contributed by atoms with E-state index in [0.29, 0.717) is 17.1 Å². The summed E-state index contributed by atoms with van der Waals surface area (Å²) in [5, 5.41) is 2.58. The Hall–Kier alpha value is -3.15. The number of carbonyl (C=O) groups is 3. The maximum absolute atomic E-state index is 12.2. The van der Waals surface area contributed by atoms with E-state index in [1.165, 1.54) is 14.0 Å². The Balaban J connectivity index is 1.98. The number of Topliss-reactive ketones (excluding diaryl/α,β-unsaturated/α-hetero) is 1. The van der Waals surface area contributed by atoms with Gasteiger partial charge in [-0.25, -0.2) is 0 Å². The van der Waals surface area contributed by atoms with E-state index in [1.807, 2.05) is 0 Å². The van der Waals surface area contributed by atoms with Gasteiger partial charge in [0, 0.05) is 12.1 Å². The van der Waals surface area contributed by atoms with Gasteiger partial charge in [-0.15, -0.1) is 0 Å². The van der Waals surface area contributed by atoms with Crippen molar-refractivity contribution < 1.29 is 23.9 Å². The number of benzene rings is 2. The van der Waals surface area contributed by atoms with Crippen LogP contribution in [0.4, 0.5) is 0 Å². The smallest absolute Gasteiger partial charge is 0.323 e. The summed E-state index contributed by atoms with van der Waals surface area (Å²) in [5.74, 6) is -1.61. The van der Waals surface area contributed by atoms with Gasteiger partial charge in [-0.2, -0.15) is 0 Å². The summed E-state index contributed by atoms with van der Waals surface area (Å²) in [6.45, 7) is 1.16. The van der Waals surface area contributed by atoms with E-state index in [4.69, 9.17) is 9.47 Å². The molecule has 0 saturated carbocycles. The summed E-state index contributed by atoms with van der Waals surface area (Å²) in [7, 11) is 1.53. The van der Waals surface area contributed by atoms with Gasteiger partial charge in [0.2, 0.25) is 0 Å². The van der Waals surface area contributed by atoms with E-state index >= 15 is 0 Å². The average molecular weight is 341 g/mol. The maximum Gasteiger partial charge on any atom is 0.323 e. The highest BCUT2D eigenvalue weighted by Crippen LogP contribution is 2.18. The number of ether oxygens (including phenoxy) is 2. The third kappa shape index (κ3) is 5.17. The van der Waals surface area contributed by atoms with Gasteiger partial charge < -0.3 is 14.8 Å². The molecule has 0 saturated heterocycles. The topological polar surface area (TPSA) is 81.7 Å². The first-order valence-electron chi connectivity index (χ1n) is 7.70. The molecule has 25 heavy (non-hydrogen) atoms. The number of nitrogens with one attached hydrogen (secondary N) is 1. The molecule has 0 bridgehead atoms. The van der Waals surface area contributed by atoms with Crippen molar-refractivity contribution in [3.63, 3.8) is 0 Å². The molecule has 1 atom stereocenters. The van der Waals surface area contributed by atoms with Gasteiger partial charge in [-0.1, -0.05) is 18.2 Å². The van der Waals surface area contributed by atoms with Crippen molar-refractivity contribution in [1.29, 1.82) is 0 Å². The number of ketones is 1. The lowest BCUT2D eigenvalue weighted by atomic mass is 10.1. The molecule has 0 radical (unpaired) electrons. The van der Waals surface area contributed by atoms with Crippen molar-refractivity contribution in [2.45, 2.75) is 6.92 Å². The van der Waals surface area contributed by atoms with Crippen LogP contribution in [-0.4, -0.2) is 31.3 Å². The fourth-order valence-corrected chi connectivity index (χ4v) is 2.11. The van der Waals surface area contributed by atoms with Gasteiger partial charge in [0.25, 0.3) is 5.91 Å². The Morgan fingerprint density at radius 2 is 1.56 bits per heavy atom. The molecule has 1 amide bonds. The number of carbonyl (C=O) groups excluding carboxylic acids is 3. The molecule has 2 rings (SSSR count). The van der Waals surface area contributed by atoms with Crippen molar-refractivity contribution >= 4 is 17.7 Å². The Bertz CT molecular complexity index is 740. The summed E-state index contributed by atoms with van der Waals surface area (Å²) < 4.78 is 10.2. The number of methoxy groups -OCH3 is 1. The Morgan fingerprint density at radius 1 is 0.960 bits per heavy atom. The molecule has 1 unspecified atom stereocenters. The molecule has 0 heterocycles. The standard InChI is InChI=1S/C19H19NO5/c1-13(21)17(12-20-18(22)14-6-4-3-5-7-14)19(23)25-16-10-8-15(24-2)9-11-16/h3-11,17H,12H2,1-2H3,(H,20,22). The van der Waals surface area contributed by atoms with E-state index in [2.05, 4.69) is 5.32 Å². The Morgan fingerprint density at radius 3 is 2.12 bits per heavy atom. The van der Waals surface area contributed by atoms with Crippen LogP contribution in [0.15, 0.2) is 54.6 Å². The van der Waals surface area contributed by atoms with Crippen LogP contribution in [0, 0.1) is 5.92 Å². The molecule has 130 valence electrons. The van der Waals surface area contributed by atoms with E-state index < -0.39 is 11.9 Å². The second kappa shape index (κ2) is 8.63. The average Bonchev–Trinajstić information content (AvgIpc) is 2.62. The third-order valence-corrected chi connectivity index (χ3v) is 3.56. The zero-order chi connectivity index (χ0) is 18.2. The summed E-state index contributed by atoms with van der Waals surface area (Å²) in [5.41, 5.74) is 0.452. The first kappa shape index (κ1) is 18.2. The van der Waals surface area contributed by atoms with Crippen LogP contribution < -0.4 is 14.8 Å². The summed E-state index contributed by atoms with van der Waals surface area (Å²) in [4.78, 5) is 36.0. The van der Waals surface area contributed by atoms with Crippen LogP contribution in [0.3, 0.4) is 0 Å². The minimum atomic E-state index is -1.07. The predicted octanol–water partition coefficient (Wildman–Crippen LogP) is 2.24. The number of amides is 1. The molecule has 0 aliphatic carbocycles. The summed E-state index contributed by atoms with van der Waals surface area (Å²) in [6.07, 6.45) is 0. The minimum absolute atomic E-state index is 0.127. The van der Waals surface area contributed by atoms with Crippen molar-refractivity contribution in [3.8, 4) is 11.5 Å². The largest absolute Gasteiger partial charge is 0.497 e. The van der Waals surface area contributed by atoms with E-state index in [1.54, 1.807) is 54.6 Å². The van der Waals surface area contributed by atoms with Gasteiger partial charge in [-0.3, -0.25) is 14.4 Å². The number of rotatable bonds is 7. The van der Waals surface area contributed by atoms with Gasteiger partial charge >= 0.3 is 5.97 Å². The quantitative estimate of drug-likeness (QED) is 0.474. The molecule has 0 fully saturated rings. The third-order valence-electron chi connectivity index (χ3n) is 3.56. The fourth-order valence-electron chi connectivity index (χ4n) is 2.11. The van der Waals surface area contributed by atoms with Crippen molar-refractivity contribution in [1.82, 2.24) is 5.32 Å². The molecule has 2 aromatic rings. The molecule has 0 spiro atoms. The van der Waals surface area contributed by atoms with Gasteiger partial charge in [0.15, 0.2) is 0 Å². The zero-order valence-corrected chi connectivity index (χ0v) is 14.0. The molecule has 0 aliphatic rings. The van der Waals surface area contributed by atoms with Crippen molar-refractivity contribution in [3.05, 3.63) is 60.2 Å². The molecule has 6 nitrogen and oxygen atoms in total. The van der Waals surface area contributed by atoms with Crippen LogP contribution in [0.25, 0.3) is 0 Å². The number of hydrogen-bond acceptors (Lipinski definition) is 5. The first-order chi connectivity index (χ1) is 12.0. The SMILES string of the molecule is COc1ccc(OC(=O)C(CNC(=O)c2ccccc2)C(C)=O)cc1. The van der Waals surface area contributed by atoms with Crippen LogP contribution in [0.2, 0.25) is 0 Å². The Labute approximate surface area is 145 Å². The molecule has 6 heteroatoms. The van der Waals surface area contributed by atoms with Crippen LogP contribution in [0.1, 0.15) is 17.3 Å². The minimum Gasteiger partial charge on any atom is -0.497 e. The lowest BCUT2D eigenvalue weighted by Gasteiger charge is -2.14. The molecule has 2 aromatic carbocycles. The highest BCUT2D eigenvalue weighted by Gasteiger charge is 2.26. The van der Waals surface area contributed by atoms with Gasteiger partial charge in [0.05, 0.1) is 7.11 Å². The van der Waals surface area contributed by atoms with E-state index in [-0.39, 0.29) is 18.2 Å². The van der Waals surface area contributed by atoms with Crippen LogP contribution >= 0.6 is 0 Å². The van der Waals surface area contributed by atoms with Crippen LogP contribution in [-0.2, 0) is 9.59 Å². The van der Waals surface area contributed by atoms with Gasteiger partial charge in [-0.05, 0) is 43.3 Å². The summed E-state index contributed by atoms with van der Waals surface area (Å²) in [6, 6.07) is 15.0. The second-order valence-corrected chi connectivity index (χ2v) is 5.34. The van der Waals surface area contributed by atoms with E-state index in [9.17, 15) is 14.4 Å². The predicted molar refractivity (Wildman–Crippen MR) is 91.6 cm³/mol. The highest BCUT2D eigenvalue weighted by atomic mass is 16.5. The molecule has 0 aromatic heterocycles. The lowest BCUT2D eigenvalue weighted by molar-refractivity contribution is -0.143. The summed E-state index contributed by atoms with van der Waals surface area (Å²) >= 11 is 0. The van der Waals surface area contributed by atoms with Crippen molar-refractivity contribution in [2.75, 3.05) is 13.7 Å². The first-order valence-corrected chi connectivity index (χ1v) is 7.70. The van der Waals surface area contributed by atoms with E-state index in [0.717, 1.165) is 0 Å².